The van der Waals surface area contributed by atoms with Crippen LogP contribution >= 0.6 is 22.9 Å². The first-order valence-electron chi connectivity index (χ1n) is 10.3. The normalized spacial score (nSPS) is 14.5. The Hall–Kier alpha value is -3.05. The van der Waals surface area contributed by atoms with Crippen LogP contribution in [0.15, 0.2) is 41.2 Å². The molecule has 3 heterocycles. The van der Waals surface area contributed by atoms with Crippen LogP contribution in [0.2, 0.25) is 4.34 Å². The maximum absolute atomic E-state index is 13.1. The molecule has 0 spiro atoms. The second-order valence-corrected chi connectivity index (χ2v) is 9.42. The minimum atomic E-state index is -4.42. The molecule has 1 aromatic carbocycles. The molecular weight excluding hydrogens is 493 g/mol. The maximum atomic E-state index is 13.1. The van der Waals surface area contributed by atoms with E-state index in [9.17, 15) is 22.8 Å². The Morgan fingerprint density at radius 2 is 1.94 bits per heavy atom. The molecule has 0 saturated carbocycles. The van der Waals surface area contributed by atoms with Gasteiger partial charge in [0.15, 0.2) is 0 Å². The lowest BCUT2D eigenvalue weighted by molar-refractivity contribution is -0.137. The number of amides is 1. The summed E-state index contributed by atoms with van der Waals surface area (Å²) in [7, 11) is 1.31. The maximum Gasteiger partial charge on any atom is 0.416 e. The molecule has 1 aliphatic heterocycles. The molecule has 0 aliphatic carbocycles. The third-order valence-corrected chi connectivity index (χ3v) is 6.75. The van der Waals surface area contributed by atoms with Crippen molar-refractivity contribution in [1.29, 1.82) is 0 Å². The van der Waals surface area contributed by atoms with Crippen molar-refractivity contribution in [3.63, 3.8) is 0 Å². The zero-order valence-electron chi connectivity index (χ0n) is 18.1. The van der Waals surface area contributed by atoms with E-state index >= 15 is 0 Å². The van der Waals surface area contributed by atoms with Crippen LogP contribution < -0.4 is 15.7 Å². The molecule has 0 bridgehead atoms. The topological polar surface area (TPSA) is 76.5 Å². The lowest BCUT2D eigenvalue weighted by Gasteiger charge is -2.28. The van der Waals surface area contributed by atoms with Crippen LogP contribution in [0.4, 0.5) is 19.1 Å². The fourth-order valence-electron chi connectivity index (χ4n) is 3.72. The molecule has 3 aromatic rings. The first-order chi connectivity index (χ1) is 16.1. The average Bonchev–Trinajstić information content (AvgIpc) is 3.24. The molecule has 0 unspecified atom stereocenters. The molecule has 1 aliphatic rings. The van der Waals surface area contributed by atoms with E-state index in [0.717, 1.165) is 16.9 Å². The van der Waals surface area contributed by atoms with Crippen LogP contribution in [0.5, 0.6) is 0 Å². The number of nitrogens with one attached hydrogen (secondary N) is 1. The highest BCUT2D eigenvalue weighted by Gasteiger charge is 2.31. The predicted octanol–water partition coefficient (Wildman–Crippen LogP) is 4.41. The second-order valence-electron chi connectivity index (χ2n) is 7.71. The number of benzene rings is 1. The minimum Gasteiger partial charge on any atom is -0.411 e. The number of nitrogens with zero attached hydrogens (tertiary/aromatic N) is 3. The number of hydrogen-bond acceptors (Lipinski definition) is 6. The third kappa shape index (κ3) is 4.76. The van der Waals surface area contributed by atoms with E-state index in [1.54, 1.807) is 24.0 Å². The van der Waals surface area contributed by atoms with Crippen molar-refractivity contribution in [2.24, 2.45) is 0 Å². The molecule has 2 aromatic heterocycles. The molecule has 180 valence electrons. The van der Waals surface area contributed by atoms with E-state index in [1.807, 2.05) is 0 Å². The number of carbonyl (C=O) groups is 1. The van der Waals surface area contributed by atoms with E-state index in [-0.39, 0.29) is 18.4 Å². The highest BCUT2D eigenvalue weighted by Crippen LogP contribution is 2.30. The smallest absolute Gasteiger partial charge is 0.411 e. The van der Waals surface area contributed by atoms with E-state index < -0.39 is 23.3 Å². The zero-order valence-corrected chi connectivity index (χ0v) is 19.7. The number of carbonyl (C=O) groups excluding carboxylic acids is 1. The van der Waals surface area contributed by atoms with Gasteiger partial charge in [-0.3, -0.25) is 9.59 Å². The summed E-state index contributed by atoms with van der Waals surface area (Å²) in [4.78, 5) is 37.7. The number of fused-ring (bicyclic) bond motifs is 1. The molecule has 1 atom stereocenters. The lowest BCUT2D eigenvalue weighted by atomic mass is 10.1. The standard InChI is InChI=1S/C22H20ClF3N4O3S/c1-12(13-3-5-14(6-4-13)22(24,25)26)27-21-28-16-9-10-29(11-15(16)19(31)30(21)33-2)20(32)17-7-8-18(23)34-17/h3-8,12H,9-11H2,1-2H3,(H,27,28)/t12-/m0/s1. The van der Waals surface area contributed by atoms with Gasteiger partial charge in [0.1, 0.15) is 7.11 Å². The Morgan fingerprint density at radius 3 is 2.53 bits per heavy atom. The van der Waals surface area contributed by atoms with Gasteiger partial charge in [-0.25, -0.2) is 4.98 Å². The summed E-state index contributed by atoms with van der Waals surface area (Å²) in [6.07, 6.45) is -4.06. The van der Waals surface area contributed by atoms with Crippen LogP contribution in [0, 0.1) is 0 Å². The average molecular weight is 513 g/mol. The largest absolute Gasteiger partial charge is 0.416 e. The summed E-state index contributed by atoms with van der Waals surface area (Å²) in [6, 6.07) is 7.58. The molecule has 1 N–H and O–H groups in total. The van der Waals surface area contributed by atoms with Gasteiger partial charge in [-0.2, -0.15) is 13.2 Å². The Kier molecular flexibility index (Phi) is 6.59. The fraction of sp³-hybridized carbons (Fsp3) is 0.318. The van der Waals surface area contributed by atoms with Gasteiger partial charge < -0.3 is 15.1 Å². The quantitative estimate of drug-likeness (QED) is 0.548. The fourth-order valence-corrected chi connectivity index (χ4v) is 4.73. The molecule has 12 heteroatoms. The second kappa shape index (κ2) is 9.30. The first kappa shape index (κ1) is 24.1. The zero-order chi connectivity index (χ0) is 24.6. The van der Waals surface area contributed by atoms with Crippen molar-refractivity contribution in [2.75, 3.05) is 19.0 Å². The van der Waals surface area contributed by atoms with Gasteiger partial charge in [0.2, 0.25) is 5.95 Å². The number of anilines is 1. The summed E-state index contributed by atoms with van der Waals surface area (Å²) in [5.74, 6) is -0.0903. The van der Waals surface area contributed by atoms with Crippen LogP contribution in [0.1, 0.15) is 45.0 Å². The molecule has 0 fully saturated rings. The van der Waals surface area contributed by atoms with Crippen LogP contribution in [0.25, 0.3) is 0 Å². The summed E-state index contributed by atoms with van der Waals surface area (Å²) in [5.41, 5.74) is 0.254. The molecule has 0 radical (unpaired) electrons. The Morgan fingerprint density at radius 1 is 1.24 bits per heavy atom. The summed E-state index contributed by atoms with van der Waals surface area (Å²) >= 11 is 7.10. The number of halogens is 4. The van der Waals surface area contributed by atoms with E-state index in [4.69, 9.17) is 16.4 Å². The van der Waals surface area contributed by atoms with Crippen molar-refractivity contribution in [3.05, 3.63) is 78.3 Å². The number of aromatic nitrogens is 2. The highest BCUT2D eigenvalue weighted by atomic mass is 35.5. The number of alkyl halides is 3. The number of hydrogen-bond donors (Lipinski definition) is 1. The third-order valence-electron chi connectivity index (χ3n) is 5.53. The Balaban J connectivity index is 1.57. The van der Waals surface area contributed by atoms with Gasteiger partial charge in [0.05, 0.1) is 38.6 Å². The molecule has 0 saturated heterocycles. The van der Waals surface area contributed by atoms with Crippen molar-refractivity contribution in [1.82, 2.24) is 14.6 Å². The molecular formula is C22H20ClF3N4O3S. The lowest BCUT2D eigenvalue weighted by Crippen LogP contribution is -2.42. The summed E-state index contributed by atoms with van der Waals surface area (Å²) in [6.45, 7) is 2.19. The van der Waals surface area contributed by atoms with Crippen molar-refractivity contribution in [3.8, 4) is 0 Å². The van der Waals surface area contributed by atoms with Gasteiger partial charge in [-0.1, -0.05) is 23.7 Å². The minimum absolute atomic E-state index is 0.0770. The predicted molar refractivity (Wildman–Crippen MR) is 122 cm³/mol. The monoisotopic (exact) mass is 512 g/mol. The first-order valence-corrected chi connectivity index (χ1v) is 11.5. The van der Waals surface area contributed by atoms with Crippen LogP contribution in [0.3, 0.4) is 0 Å². The van der Waals surface area contributed by atoms with Gasteiger partial charge in [-0.15, -0.1) is 16.1 Å². The van der Waals surface area contributed by atoms with Crippen molar-refractivity contribution < 1.29 is 22.8 Å². The molecule has 7 nitrogen and oxygen atoms in total. The Bertz CT molecular complexity index is 1270. The van der Waals surface area contributed by atoms with Crippen LogP contribution in [-0.4, -0.2) is 34.2 Å². The Labute approximate surface area is 201 Å². The molecule has 34 heavy (non-hydrogen) atoms. The van der Waals surface area contributed by atoms with E-state index in [1.165, 1.54) is 30.6 Å². The number of rotatable bonds is 5. The highest BCUT2D eigenvalue weighted by molar-refractivity contribution is 7.17. The van der Waals surface area contributed by atoms with Gasteiger partial charge in [0, 0.05) is 13.0 Å². The summed E-state index contributed by atoms with van der Waals surface area (Å²) < 4.78 is 40.0. The SMILES string of the molecule is COn1c(N[C@@H](C)c2ccc(C(F)(F)F)cc2)nc2c(c1=O)CN(C(=O)c1ccc(Cl)s1)CC2. The van der Waals surface area contributed by atoms with Crippen LogP contribution in [-0.2, 0) is 19.1 Å². The summed E-state index contributed by atoms with van der Waals surface area (Å²) in [5, 5.41) is 3.04. The van der Waals surface area contributed by atoms with Gasteiger partial charge >= 0.3 is 6.18 Å². The van der Waals surface area contributed by atoms with E-state index in [0.29, 0.717) is 39.0 Å². The van der Waals surface area contributed by atoms with E-state index in [2.05, 4.69) is 10.3 Å². The molecule has 4 rings (SSSR count). The number of thiophene rings is 1. The van der Waals surface area contributed by atoms with Crippen molar-refractivity contribution in [2.45, 2.75) is 32.1 Å². The van der Waals surface area contributed by atoms with Crippen molar-refractivity contribution >= 4 is 34.8 Å². The van der Waals surface area contributed by atoms with Gasteiger partial charge in [-0.05, 0) is 36.8 Å². The van der Waals surface area contributed by atoms with Gasteiger partial charge in [0.25, 0.3) is 11.5 Å². The molecule has 1 amide bonds.